The maximum absolute atomic E-state index is 2.60. The molecule has 0 heteroatoms. The summed E-state index contributed by atoms with van der Waals surface area (Å²) in [7, 11) is 0. The molecule has 0 nitrogen and oxygen atoms in total. The van der Waals surface area contributed by atoms with E-state index in [9.17, 15) is 0 Å². The Balaban J connectivity index is 1.80. The molecule has 13 heavy (non-hydrogen) atoms. The maximum Gasteiger partial charge on any atom is -0.0232 e. The highest BCUT2D eigenvalue weighted by atomic mass is 14.8. The number of fused-ring (bicyclic) bond motifs is 1. The summed E-state index contributed by atoms with van der Waals surface area (Å²) in [4.78, 5) is 0. The molecule has 8 unspecified atom stereocenters. The summed E-state index contributed by atoms with van der Waals surface area (Å²) >= 11 is 0. The predicted octanol–water partition coefficient (Wildman–Crippen LogP) is 2.93. The van der Waals surface area contributed by atoms with Crippen LogP contribution in [0.3, 0.4) is 0 Å². The molecular formula is C13H18. The first-order chi connectivity index (χ1) is 6.31. The highest BCUT2D eigenvalue weighted by molar-refractivity contribution is 5.25. The quantitative estimate of drug-likeness (QED) is 0.529. The highest BCUT2D eigenvalue weighted by Crippen LogP contribution is 2.83. The predicted molar refractivity (Wildman–Crippen MR) is 51.0 cm³/mol. The fourth-order valence-electron chi connectivity index (χ4n) is 6.95. The van der Waals surface area contributed by atoms with Crippen LogP contribution in [-0.2, 0) is 0 Å². The Morgan fingerprint density at radius 3 is 2.85 bits per heavy atom. The Labute approximate surface area is 80.1 Å². The van der Waals surface area contributed by atoms with Gasteiger partial charge in [0.2, 0.25) is 0 Å². The van der Waals surface area contributed by atoms with E-state index in [1.165, 1.54) is 35.5 Å². The fraction of sp³-hybridized carbons (Fsp3) is 1.00. The topological polar surface area (TPSA) is 0 Å². The minimum absolute atomic E-state index is 0.918. The van der Waals surface area contributed by atoms with E-state index in [-0.39, 0.29) is 0 Å². The molecule has 5 saturated carbocycles. The third-order valence-corrected chi connectivity index (χ3v) is 7.24. The van der Waals surface area contributed by atoms with E-state index in [0.717, 1.165) is 11.3 Å². The van der Waals surface area contributed by atoms with Crippen LogP contribution in [0.4, 0.5) is 0 Å². The van der Waals surface area contributed by atoms with Crippen LogP contribution in [0, 0.1) is 46.8 Å². The largest absolute Gasteiger partial charge is 0.0617 e. The van der Waals surface area contributed by atoms with Gasteiger partial charge in [-0.15, -0.1) is 0 Å². The van der Waals surface area contributed by atoms with Crippen molar-refractivity contribution in [2.24, 2.45) is 46.8 Å². The van der Waals surface area contributed by atoms with E-state index in [2.05, 4.69) is 6.92 Å². The van der Waals surface area contributed by atoms with Gasteiger partial charge in [-0.05, 0) is 72.5 Å². The molecule has 5 rings (SSSR count). The molecule has 0 aromatic carbocycles. The highest BCUT2D eigenvalue weighted by Gasteiger charge is 2.77. The molecule has 0 N–H and O–H groups in total. The summed E-state index contributed by atoms with van der Waals surface area (Å²) in [6, 6.07) is 0. The van der Waals surface area contributed by atoms with Crippen molar-refractivity contribution in [1.29, 1.82) is 0 Å². The zero-order valence-corrected chi connectivity index (χ0v) is 8.37. The van der Waals surface area contributed by atoms with Crippen LogP contribution in [0.5, 0.6) is 0 Å². The first-order valence-electron chi connectivity index (χ1n) is 6.31. The standard InChI is InChI=1S/C13H18/c1-6-12-9-2-7-4-13(6)5-10(12)8(9)3-11(7)13/h6-12H,2-5H2,1H3. The molecule has 1 spiro atoms. The van der Waals surface area contributed by atoms with E-state index < -0.39 is 0 Å². The molecule has 8 atom stereocenters. The normalized spacial score (nSPS) is 80.5. The Bertz CT molecular complexity index is 303. The van der Waals surface area contributed by atoms with Crippen LogP contribution in [0.2, 0.25) is 0 Å². The Hall–Kier alpha value is 0. The summed E-state index contributed by atoms with van der Waals surface area (Å²) in [5.41, 5.74) is 0.918. The summed E-state index contributed by atoms with van der Waals surface area (Å²) < 4.78 is 0. The van der Waals surface area contributed by atoms with Crippen molar-refractivity contribution < 1.29 is 0 Å². The Morgan fingerprint density at radius 1 is 1.00 bits per heavy atom. The van der Waals surface area contributed by atoms with E-state index in [1.807, 2.05) is 0 Å². The van der Waals surface area contributed by atoms with Crippen LogP contribution >= 0.6 is 0 Å². The van der Waals surface area contributed by atoms with Gasteiger partial charge in [0, 0.05) is 0 Å². The van der Waals surface area contributed by atoms with Crippen LogP contribution in [0.25, 0.3) is 0 Å². The minimum atomic E-state index is 0.918. The lowest BCUT2D eigenvalue weighted by Crippen LogP contribution is -2.58. The summed E-state index contributed by atoms with van der Waals surface area (Å²) in [6.07, 6.45) is 6.64. The third kappa shape index (κ3) is 0.412. The van der Waals surface area contributed by atoms with Crippen LogP contribution in [0.1, 0.15) is 32.6 Å². The second-order valence-corrected chi connectivity index (χ2v) is 6.84. The van der Waals surface area contributed by atoms with Crippen molar-refractivity contribution in [3.05, 3.63) is 0 Å². The molecular weight excluding hydrogens is 156 g/mol. The van der Waals surface area contributed by atoms with Gasteiger partial charge in [-0.3, -0.25) is 0 Å². The molecule has 0 amide bonds. The van der Waals surface area contributed by atoms with Crippen LogP contribution in [0.15, 0.2) is 0 Å². The van der Waals surface area contributed by atoms with E-state index in [4.69, 9.17) is 0 Å². The second kappa shape index (κ2) is 1.51. The van der Waals surface area contributed by atoms with Crippen molar-refractivity contribution >= 4 is 0 Å². The number of hydrogen-bond acceptors (Lipinski definition) is 0. The molecule has 5 fully saturated rings. The van der Waals surface area contributed by atoms with Crippen molar-refractivity contribution in [3.63, 3.8) is 0 Å². The maximum atomic E-state index is 2.60. The molecule has 0 heterocycles. The van der Waals surface area contributed by atoms with Gasteiger partial charge in [0.15, 0.2) is 0 Å². The van der Waals surface area contributed by atoms with Gasteiger partial charge in [0.05, 0.1) is 0 Å². The molecule has 70 valence electrons. The van der Waals surface area contributed by atoms with Crippen LogP contribution < -0.4 is 0 Å². The molecule has 0 saturated heterocycles. The molecule has 4 bridgehead atoms. The fourth-order valence-corrected chi connectivity index (χ4v) is 6.95. The average molecular weight is 174 g/mol. The minimum Gasteiger partial charge on any atom is -0.0617 e. The van der Waals surface area contributed by atoms with Gasteiger partial charge in [-0.25, -0.2) is 0 Å². The lowest BCUT2D eigenvalue weighted by molar-refractivity contribution is -0.166. The van der Waals surface area contributed by atoms with Gasteiger partial charge < -0.3 is 0 Å². The van der Waals surface area contributed by atoms with Crippen molar-refractivity contribution in [2.45, 2.75) is 32.6 Å². The zero-order chi connectivity index (χ0) is 8.37. The summed E-state index contributed by atoms with van der Waals surface area (Å²) in [5.74, 6) is 8.42. The van der Waals surface area contributed by atoms with Gasteiger partial charge in [0.25, 0.3) is 0 Å². The lowest BCUT2D eigenvalue weighted by atomic mass is 9.39. The molecule has 0 aliphatic heterocycles. The van der Waals surface area contributed by atoms with Gasteiger partial charge >= 0.3 is 0 Å². The molecule has 0 aromatic heterocycles. The van der Waals surface area contributed by atoms with Crippen molar-refractivity contribution in [1.82, 2.24) is 0 Å². The first kappa shape index (κ1) is 6.48. The van der Waals surface area contributed by atoms with Gasteiger partial charge in [-0.2, -0.15) is 0 Å². The van der Waals surface area contributed by atoms with Gasteiger partial charge in [-0.1, -0.05) is 6.92 Å². The van der Waals surface area contributed by atoms with Crippen molar-refractivity contribution in [2.75, 3.05) is 0 Å². The SMILES string of the molecule is CC1C2C3CC4CC15CC2C3CC45. The summed E-state index contributed by atoms with van der Waals surface area (Å²) in [5, 5.41) is 0. The second-order valence-electron chi connectivity index (χ2n) is 6.84. The average Bonchev–Trinajstić information content (AvgIpc) is 2.03. The summed E-state index contributed by atoms with van der Waals surface area (Å²) in [6.45, 7) is 2.60. The molecule has 0 aromatic rings. The molecule has 0 radical (unpaired) electrons. The van der Waals surface area contributed by atoms with E-state index >= 15 is 0 Å². The Morgan fingerprint density at radius 2 is 1.92 bits per heavy atom. The lowest BCUT2D eigenvalue weighted by Gasteiger charge is -2.65. The Kier molecular flexibility index (Phi) is 0.753. The smallest absolute Gasteiger partial charge is 0.0232 e. The third-order valence-electron chi connectivity index (χ3n) is 7.24. The van der Waals surface area contributed by atoms with E-state index in [1.54, 1.807) is 25.7 Å². The first-order valence-corrected chi connectivity index (χ1v) is 6.31. The van der Waals surface area contributed by atoms with E-state index in [0.29, 0.717) is 0 Å². The van der Waals surface area contributed by atoms with Crippen LogP contribution in [-0.4, -0.2) is 0 Å². The number of rotatable bonds is 0. The number of hydrogen-bond donors (Lipinski definition) is 0. The van der Waals surface area contributed by atoms with Gasteiger partial charge in [0.1, 0.15) is 0 Å². The zero-order valence-electron chi connectivity index (χ0n) is 8.37. The molecule has 5 aliphatic rings. The van der Waals surface area contributed by atoms with Crippen molar-refractivity contribution in [3.8, 4) is 0 Å². The molecule has 5 aliphatic carbocycles. The monoisotopic (exact) mass is 174 g/mol.